The molecule has 1 aromatic heterocycles. The first-order valence-corrected chi connectivity index (χ1v) is 10.3. The lowest BCUT2D eigenvalue weighted by Crippen LogP contribution is -2.47. The summed E-state index contributed by atoms with van der Waals surface area (Å²) >= 11 is 0. The summed E-state index contributed by atoms with van der Waals surface area (Å²) < 4.78 is 13.2. The molecule has 3 heterocycles. The minimum absolute atomic E-state index is 0.206. The lowest BCUT2D eigenvalue weighted by molar-refractivity contribution is 0.252. The van der Waals surface area contributed by atoms with Crippen LogP contribution >= 0.6 is 0 Å². The number of nitrogens with zero attached hydrogens (tertiary/aromatic N) is 6. The zero-order valence-electron chi connectivity index (χ0n) is 17.3. The number of hydrogen-bond acceptors (Lipinski definition) is 7. The van der Waals surface area contributed by atoms with Crippen LogP contribution in [-0.4, -0.2) is 74.3 Å². The summed E-state index contributed by atoms with van der Waals surface area (Å²) in [5.41, 5.74) is 8.24. The monoisotopic (exact) mass is 399 g/mol. The maximum Gasteiger partial charge on any atom is 0.157 e. The van der Waals surface area contributed by atoms with Gasteiger partial charge in [-0.3, -0.25) is 0 Å². The average Bonchev–Trinajstić information content (AvgIpc) is 2.75. The Hall–Kier alpha value is -2.61. The number of nitrogen functional groups attached to an aromatic ring is 1. The van der Waals surface area contributed by atoms with Crippen molar-refractivity contribution in [3.05, 3.63) is 36.4 Å². The lowest BCUT2D eigenvalue weighted by atomic mass is 10.0. The Bertz CT molecular complexity index is 812. The summed E-state index contributed by atoms with van der Waals surface area (Å²) in [6, 6.07) is 7.13. The summed E-state index contributed by atoms with van der Waals surface area (Å²) in [5, 5.41) is 0. The van der Waals surface area contributed by atoms with Gasteiger partial charge < -0.3 is 25.3 Å². The molecule has 2 aliphatic heterocycles. The quantitative estimate of drug-likeness (QED) is 0.844. The predicted octanol–water partition coefficient (Wildman–Crippen LogP) is 2.05. The molecule has 2 saturated heterocycles. The topological polar surface area (TPSA) is 64.8 Å². The van der Waals surface area contributed by atoms with E-state index in [0.29, 0.717) is 11.7 Å². The maximum atomic E-state index is 13.2. The highest BCUT2D eigenvalue weighted by Crippen LogP contribution is 2.32. The first-order chi connectivity index (χ1) is 14.0. The van der Waals surface area contributed by atoms with E-state index in [0.717, 1.165) is 69.4 Å². The summed E-state index contributed by atoms with van der Waals surface area (Å²) in [6.07, 6.45) is 3.85. The molecule has 2 aliphatic rings. The highest BCUT2D eigenvalue weighted by Gasteiger charge is 2.26. The Morgan fingerprint density at radius 3 is 2.24 bits per heavy atom. The van der Waals surface area contributed by atoms with Crippen LogP contribution in [0.4, 0.5) is 27.4 Å². The second-order valence-electron chi connectivity index (χ2n) is 8.03. The summed E-state index contributed by atoms with van der Waals surface area (Å²) in [7, 11) is 4.25. The minimum Gasteiger partial charge on any atom is -0.393 e. The molecule has 29 heavy (non-hydrogen) atoms. The minimum atomic E-state index is -0.206. The van der Waals surface area contributed by atoms with Crippen LogP contribution < -0.4 is 20.4 Å². The molecule has 0 spiro atoms. The predicted molar refractivity (Wildman–Crippen MR) is 116 cm³/mol. The number of benzene rings is 1. The maximum absolute atomic E-state index is 13.2. The average molecular weight is 400 g/mol. The third-order valence-corrected chi connectivity index (χ3v) is 6.18. The second-order valence-corrected chi connectivity index (χ2v) is 8.03. The van der Waals surface area contributed by atoms with Gasteiger partial charge in [0.2, 0.25) is 0 Å². The standard InChI is InChI=1S/C21H30FN7/c1-26-9-7-17(8-10-26)27(2)20-19(23)21(25-15-24-20)29-13-11-28(12-14-29)18-5-3-16(22)4-6-18/h3-6,15,17H,7-14,23H2,1-2H3. The molecule has 0 saturated carbocycles. The van der Waals surface area contributed by atoms with Crippen molar-refractivity contribution in [1.82, 2.24) is 14.9 Å². The van der Waals surface area contributed by atoms with Crippen LogP contribution in [0.2, 0.25) is 0 Å². The van der Waals surface area contributed by atoms with E-state index in [-0.39, 0.29) is 5.82 Å². The van der Waals surface area contributed by atoms with E-state index in [1.54, 1.807) is 6.33 Å². The molecule has 0 aliphatic carbocycles. The van der Waals surface area contributed by atoms with Gasteiger partial charge in [0, 0.05) is 45.0 Å². The van der Waals surface area contributed by atoms with Crippen LogP contribution in [0.25, 0.3) is 0 Å². The number of nitrogens with two attached hydrogens (primary N) is 1. The molecule has 0 amide bonds. The zero-order valence-corrected chi connectivity index (χ0v) is 17.3. The first kappa shape index (κ1) is 19.7. The van der Waals surface area contributed by atoms with Gasteiger partial charge in [-0.2, -0.15) is 0 Å². The number of rotatable bonds is 4. The van der Waals surface area contributed by atoms with Crippen LogP contribution in [0.5, 0.6) is 0 Å². The third-order valence-electron chi connectivity index (χ3n) is 6.18. The normalized spacial score (nSPS) is 18.9. The molecule has 8 heteroatoms. The number of hydrogen-bond donors (Lipinski definition) is 1. The van der Waals surface area contributed by atoms with E-state index >= 15 is 0 Å². The molecule has 2 aromatic rings. The highest BCUT2D eigenvalue weighted by molar-refractivity contribution is 5.76. The van der Waals surface area contributed by atoms with Gasteiger partial charge in [0.1, 0.15) is 17.8 Å². The van der Waals surface area contributed by atoms with Crippen LogP contribution in [0.1, 0.15) is 12.8 Å². The number of anilines is 4. The Balaban J connectivity index is 1.44. The fourth-order valence-corrected chi connectivity index (χ4v) is 4.29. The third kappa shape index (κ3) is 4.22. The fourth-order valence-electron chi connectivity index (χ4n) is 4.29. The molecular formula is C21H30FN7. The number of piperidine rings is 1. The van der Waals surface area contributed by atoms with Gasteiger partial charge in [-0.15, -0.1) is 0 Å². The van der Waals surface area contributed by atoms with Gasteiger partial charge in [0.05, 0.1) is 0 Å². The van der Waals surface area contributed by atoms with Crippen molar-refractivity contribution >= 4 is 23.0 Å². The van der Waals surface area contributed by atoms with Gasteiger partial charge in [0.15, 0.2) is 11.6 Å². The van der Waals surface area contributed by atoms with Crippen molar-refractivity contribution in [2.24, 2.45) is 0 Å². The van der Waals surface area contributed by atoms with Gasteiger partial charge in [-0.05, 0) is 57.2 Å². The molecule has 0 atom stereocenters. The van der Waals surface area contributed by atoms with E-state index in [4.69, 9.17) is 5.73 Å². The summed E-state index contributed by atoms with van der Waals surface area (Å²) in [4.78, 5) is 18.1. The van der Waals surface area contributed by atoms with Crippen molar-refractivity contribution in [2.75, 3.05) is 73.8 Å². The first-order valence-electron chi connectivity index (χ1n) is 10.3. The Kier molecular flexibility index (Phi) is 5.71. The van der Waals surface area contributed by atoms with E-state index < -0.39 is 0 Å². The molecular weight excluding hydrogens is 369 g/mol. The molecule has 0 unspecified atom stereocenters. The van der Waals surface area contributed by atoms with Gasteiger partial charge in [0.25, 0.3) is 0 Å². The van der Waals surface area contributed by atoms with Crippen molar-refractivity contribution in [3.63, 3.8) is 0 Å². The highest BCUT2D eigenvalue weighted by atomic mass is 19.1. The molecule has 2 fully saturated rings. The summed E-state index contributed by atoms with van der Waals surface area (Å²) in [6.45, 7) is 5.51. The zero-order chi connectivity index (χ0) is 20.4. The molecule has 156 valence electrons. The van der Waals surface area contributed by atoms with E-state index in [1.165, 1.54) is 12.1 Å². The lowest BCUT2D eigenvalue weighted by Gasteiger charge is -2.38. The number of halogens is 1. The van der Waals surface area contributed by atoms with Gasteiger partial charge in [-0.25, -0.2) is 14.4 Å². The second kappa shape index (κ2) is 8.41. The Labute approximate surface area is 171 Å². The largest absolute Gasteiger partial charge is 0.393 e. The molecule has 7 nitrogen and oxygen atoms in total. The van der Waals surface area contributed by atoms with Crippen LogP contribution in [-0.2, 0) is 0 Å². The molecule has 0 bridgehead atoms. The SMILES string of the molecule is CN1CCC(N(C)c2ncnc(N3CCN(c4ccc(F)cc4)CC3)c2N)CC1. The van der Waals surface area contributed by atoms with E-state index in [9.17, 15) is 4.39 Å². The van der Waals surface area contributed by atoms with Crippen LogP contribution in [0, 0.1) is 5.82 Å². The van der Waals surface area contributed by atoms with Crippen molar-refractivity contribution < 1.29 is 4.39 Å². The number of aromatic nitrogens is 2. The molecule has 2 N–H and O–H groups in total. The van der Waals surface area contributed by atoms with Crippen LogP contribution in [0.15, 0.2) is 30.6 Å². The number of piperazine rings is 1. The molecule has 1 aromatic carbocycles. The Morgan fingerprint density at radius 2 is 1.59 bits per heavy atom. The van der Waals surface area contributed by atoms with Crippen molar-refractivity contribution in [1.29, 1.82) is 0 Å². The number of likely N-dealkylation sites (tertiary alicyclic amines) is 1. The smallest absolute Gasteiger partial charge is 0.157 e. The molecule has 0 radical (unpaired) electrons. The van der Waals surface area contributed by atoms with Crippen LogP contribution in [0.3, 0.4) is 0 Å². The summed E-state index contributed by atoms with van der Waals surface area (Å²) in [5.74, 6) is 1.43. The van der Waals surface area contributed by atoms with E-state index in [2.05, 4.69) is 43.7 Å². The van der Waals surface area contributed by atoms with Crippen molar-refractivity contribution in [2.45, 2.75) is 18.9 Å². The fraction of sp³-hybridized carbons (Fsp3) is 0.524. The Morgan fingerprint density at radius 1 is 0.966 bits per heavy atom. The van der Waals surface area contributed by atoms with Gasteiger partial charge >= 0.3 is 0 Å². The van der Waals surface area contributed by atoms with E-state index in [1.807, 2.05) is 12.1 Å². The molecule has 4 rings (SSSR count). The van der Waals surface area contributed by atoms with Crippen molar-refractivity contribution in [3.8, 4) is 0 Å². The van der Waals surface area contributed by atoms with Gasteiger partial charge in [-0.1, -0.05) is 0 Å².